The van der Waals surface area contributed by atoms with Gasteiger partial charge in [-0.2, -0.15) is 0 Å². The number of hydrogen-bond acceptors (Lipinski definition) is 2. The maximum Gasteiger partial charge on any atom is 0.339 e. The van der Waals surface area contributed by atoms with E-state index in [1.807, 2.05) is 26.8 Å². The molecule has 0 fully saturated rings. The van der Waals surface area contributed by atoms with Crippen LogP contribution in [0.1, 0.15) is 63.0 Å². The van der Waals surface area contributed by atoms with Crippen molar-refractivity contribution in [3.63, 3.8) is 0 Å². The number of benzene rings is 1. The molecule has 0 heterocycles. The smallest absolute Gasteiger partial charge is 0.339 e. The summed E-state index contributed by atoms with van der Waals surface area (Å²) in [6.07, 6.45) is 0. The quantitative estimate of drug-likeness (QED) is 0.778. The van der Waals surface area contributed by atoms with Crippen molar-refractivity contribution < 1.29 is 32.1 Å². The third kappa shape index (κ3) is 3.74. The van der Waals surface area contributed by atoms with E-state index in [0.29, 0.717) is 0 Å². The molecule has 0 aliphatic heterocycles. The monoisotopic (exact) mass is 313 g/mol. The van der Waals surface area contributed by atoms with Crippen LogP contribution in [0, 0.1) is 0 Å². The Kier molecular flexibility index (Phi) is 5.27. The Hall–Kier alpha value is -0.991. The molecule has 0 saturated heterocycles. The summed E-state index contributed by atoms with van der Waals surface area (Å²) in [5, 5.41) is 19.3. The first-order chi connectivity index (χ1) is 7.96. The fourth-order valence-corrected chi connectivity index (χ4v) is 2.15. The Balaban J connectivity index is 0.00000324. The normalized spacial score (nSPS) is 11.9. The van der Waals surface area contributed by atoms with Crippen LogP contribution in [0.3, 0.4) is 0 Å². The molecular weight excluding hydrogens is 292 g/mol. The summed E-state index contributed by atoms with van der Waals surface area (Å²) in [7, 11) is 0. The van der Waals surface area contributed by atoms with Gasteiger partial charge in [-0.05, 0) is 22.5 Å². The molecular formula is C15H22CuO3. The molecule has 1 aromatic carbocycles. The third-order valence-electron chi connectivity index (χ3n) is 2.97. The molecule has 0 atom stereocenters. The average Bonchev–Trinajstić information content (AvgIpc) is 2.12. The summed E-state index contributed by atoms with van der Waals surface area (Å²) in [5.74, 6) is -1.21. The molecule has 4 heteroatoms. The molecule has 1 rings (SSSR count). The van der Waals surface area contributed by atoms with Crippen molar-refractivity contribution in [2.45, 2.75) is 52.4 Å². The van der Waals surface area contributed by atoms with E-state index in [0.717, 1.165) is 11.1 Å². The van der Waals surface area contributed by atoms with Crippen LogP contribution in [0.25, 0.3) is 0 Å². The van der Waals surface area contributed by atoms with Gasteiger partial charge in [0.2, 0.25) is 0 Å². The predicted molar refractivity (Wildman–Crippen MR) is 72.5 cm³/mol. The Labute approximate surface area is 125 Å². The summed E-state index contributed by atoms with van der Waals surface area (Å²) in [6, 6.07) is 3.29. The zero-order valence-electron chi connectivity index (χ0n) is 12.3. The second-order valence-electron chi connectivity index (χ2n) is 6.69. The number of aromatic carboxylic acids is 1. The summed E-state index contributed by atoms with van der Waals surface area (Å²) in [5.41, 5.74) is 1.22. The van der Waals surface area contributed by atoms with Crippen LogP contribution in [0.4, 0.5) is 0 Å². The fraction of sp³-hybridized carbons (Fsp3) is 0.533. The van der Waals surface area contributed by atoms with Crippen molar-refractivity contribution in [3.8, 4) is 5.75 Å². The maximum absolute atomic E-state index is 11.1. The standard InChI is InChI=1S/C15H22O3.Cu/c1-14(2,3)10-8-7-9(13(17)18)12(16)11(10)15(4,5)6;/h7-8,16H,1-6H3,(H,17,18);. The fourth-order valence-electron chi connectivity index (χ4n) is 2.15. The van der Waals surface area contributed by atoms with E-state index >= 15 is 0 Å². The maximum atomic E-state index is 11.1. The van der Waals surface area contributed by atoms with Gasteiger partial charge >= 0.3 is 5.97 Å². The number of hydrogen-bond donors (Lipinski definition) is 2. The molecule has 0 unspecified atom stereocenters. The van der Waals surface area contributed by atoms with Gasteiger partial charge in [0.15, 0.2) is 0 Å². The van der Waals surface area contributed by atoms with Gasteiger partial charge in [0, 0.05) is 22.6 Å². The van der Waals surface area contributed by atoms with Crippen LogP contribution < -0.4 is 0 Å². The molecule has 111 valence electrons. The Morgan fingerprint density at radius 3 is 1.79 bits per heavy atom. The molecule has 1 radical (unpaired) electrons. The number of carbonyl (C=O) groups is 1. The predicted octanol–water partition coefficient (Wildman–Crippen LogP) is 3.68. The van der Waals surface area contributed by atoms with E-state index in [1.165, 1.54) is 6.07 Å². The molecule has 0 bridgehead atoms. The second kappa shape index (κ2) is 5.56. The third-order valence-corrected chi connectivity index (χ3v) is 2.97. The van der Waals surface area contributed by atoms with Gasteiger partial charge in [-0.15, -0.1) is 0 Å². The first kappa shape index (κ1) is 18.0. The van der Waals surface area contributed by atoms with Crippen LogP contribution in [0.5, 0.6) is 5.75 Å². The molecule has 0 aromatic heterocycles. The number of carboxylic acids is 1. The van der Waals surface area contributed by atoms with Gasteiger partial charge < -0.3 is 10.2 Å². The molecule has 1 aromatic rings. The number of phenols is 1. The van der Waals surface area contributed by atoms with E-state index in [1.54, 1.807) is 0 Å². The van der Waals surface area contributed by atoms with Crippen molar-refractivity contribution in [2.75, 3.05) is 0 Å². The van der Waals surface area contributed by atoms with E-state index in [-0.39, 0.29) is 39.2 Å². The molecule has 0 spiro atoms. The van der Waals surface area contributed by atoms with Crippen molar-refractivity contribution in [3.05, 3.63) is 28.8 Å². The molecule has 0 aliphatic carbocycles. The van der Waals surface area contributed by atoms with Crippen LogP contribution >= 0.6 is 0 Å². The van der Waals surface area contributed by atoms with E-state index in [4.69, 9.17) is 5.11 Å². The van der Waals surface area contributed by atoms with Crippen LogP contribution in [0.2, 0.25) is 0 Å². The van der Waals surface area contributed by atoms with Gasteiger partial charge in [0.1, 0.15) is 11.3 Å². The molecule has 19 heavy (non-hydrogen) atoms. The SMILES string of the molecule is CC(C)(C)c1ccc(C(=O)O)c(O)c1C(C)(C)C.[Cu]. The topological polar surface area (TPSA) is 57.5 Å². The average molecular weight is 314 g/mol. The van der Waals surface area contributed by atoms with Crippen molar-refractivity contribution in [1.29, 1.82) is 0 Å². The summed E-state index contributed by atoms with van der Waals surface area (Å²) in [6.45, 7) is 12.1. The minimum atomic E-state index is -1.10. The minimum Gasteiger partial charge on any atom is -0.507 e. The van der Waals surface area contributed by atoms with Gasteiger partial charge in [0.05, 0.1) is 0 Å². The van der Waals surface area contributed by atoms with Gasteiger partial charge in [-0.3, -0.25) is 0 Å². The van der Waals surface area contributed by atoms with E-state index in [9.17, 15) is 9.90 Å². The van der Waals surface area contributed by atoms with Crippen LogP contribution in [-0.2, 0) is 27.9 Å². The zero-order chi connectivity index (χ0) is 14.3. The zero-order valence-corrected chi connectivity index (χ0v) is 13.2. The Morgan fingerprint density at radius 1 is 1.00 bits per heavy atom. The van der Waals surface area contributed by atoms with Gasteiger partial charge in [-0.25, -0.2) is 4.79 Å². The van der Waals surface area contributed by atoms with Gasteiger partial charge in [0.25, 0.3) is 0 Å². The van der Waals surface area contributed by atoms with Crippen LogP contribution in [-0.4, -0.2) is 16.2 Å². The largest absolute Gasteiger partial charge is 0.507 e. The summed E-state index contributed by atoms with van der Waals surface area (Å²) in [4.78, 5) is 11.1. The number of carboxylic acid groups (broad SMARTS) is 1. The number of rotatable bonds is 1. The second-order valence-corrected chi connectivity index (χ2v) is 6.69. The molecule has 0 aliphatic rings. The Bertz CT molecular complexity index is 479. The van der Waals surface area contributed by atoms with E-state index in [2.05, 4.69) is 20.8 Å². The molecule has 2 N–H and O–H groups in total. The first-order valence-electron chi connectivity index (χ1n) is 6.06. The van der Waals surface area contributed by atoms with Crippen LogP contribution in [0.15, 0.2) is 12.1 Å². The van der Waals surface area contributed by atoms with Gasteiger partial charge in [-0.1, -0.05) is 47.6 Å². The summed E-state index contributed by atoms with van der Waals surface area (Å²) >= 11 is 0. The van der Waals surface area contributed by atoms with E-state index < -0.39 is 5.97 Å². The number of aromatic hydroxyl groups is 1. The molecule has 0 saturated carbocycles. The first-order valence-corrected chi connectivity index (χ1v) is 6.06. The minimum absolute atomic E-state index is 0. The Morgan fingerprint density at radius 2 is 1.47 bits per heavy atom. The van der Waals surface area contributed by atoms with Crippen molar-refractivity contribution in [2.24, 2.45) is 0 Å². The summed E-state index contributed by atoms with van der Waals surface area (Å²) < 4.78 is 0. The molecule has 3 nitrogen and oxygen atoms in total. The molecule has 0 amide bonds. The van der Waals surface area contributed by atoms with Crippen molar-refractivity contribution >= 4 is 5.97 Å². The van der Waals surface area contributed by atoms with Crippen molar-refractivity contribution in [1.82, 2.24) is 0 Å².